The van der Waals surface area contributed by atoms with Crippen molar-refractivity contribution >= 4 is 16.9 Å². The van der Waals surface area contributed by atoms with Gasteiger partial charge in [0.15, 0.2) is 0 Å². The van der Waals surface area contributed by atoms with Crippen molar-refractivity contribution in [3.05, 3.63) is 53.0 Å². The Balaban J connectivity index is 1.87. The normalized spacial score (nSPS) is 16.0. The maximum atomic E-state index is 6.14. The number of benzene rings is 1. The highest BCUT2D eigenvalue weighted by Crippen LogP contribution is 2.37. The summed E-state index contributed by atoms with van der Waals surface area (Å²) in [5.74, 6) is 7.15. The van der Waals surface area contributed by atoms with E-state index in [0.717, 1.165) is 41.4 Å². The van der Waals surface area contributed by atoms with Crippen LogP contribution in [0.3, 0.4) is 0 Å². The van der Waals surface area contributed by atoms with Crippen LogP contribution in [0, 0.1) is 11.8 Å². The predicted molar refractivity (Wildman–Crippen MR) is 96.8 cm³/mol. The van der Waals surface area contributed by atoms with Crippen molar-refractivity contribution in [1.29, 1.82) is 0 Å². The molecule has 4 heteroatoms. The van der Waals surface area contributed by atoms with Gasteiger partial charge in [0.1, 0.15) is 17.8 Å². The molecule has 2 N–H and O–H groups in total. The molecule has 4 rings (SSSR count). The first-order chi connectivity index (χ1) is 11.7. The lowest BCUT2D eigenvalue weighted by Gasteiger charge is -2.07. The molecule has 24 heavy (non-hydrogen) atoms. The number of anilines is 1. The van der Waals surface area contributed by atoms with Crippen LogP contribution in [-0.2, 0) is 12.8 Å². The molecule has 120 valence electrons. The Morgan fingerprint density at radius 3 is 2.75 bits per heavy atom. The van der Waals surface area contributed by atoms with E-state index in [1.54, 1.807) is 0 Å². The number of aromatic nitrogens is 3. The van der Waals surface area contributed by atoms with Crippen LogP contribution in [0.1, 0.15) is 48.7 Å². The number of hydrogen-bond acceptors (Lipinski definition) is 3. The lowest BCUT2D eigenvalue weighted by molar-refractivity contribution is 0.593. The summed E-state index contributed by atoms with van der Waals surface area (Å²) in [5, 5.41) is 0.900. The minimum absolute atomic E-state index is 0.427. The van der Waals surface area contributed by atoms with E-state index in [4.69, 9.17) is 5.73 Å². The van der Waals surface area contributed by atoms with Gasteiger partial charge in [-0.1, -0.05) is 30.9 Å². The van der Waals surface area contributed by atoms with Gasteiger partial charge in [-0.25, -0.2) is 9.97 Å². The van der Waals surface area contributed by atoms with Gasteiger partial charge in [0.2, 0.25) is 0 Å². The fraction of sp³-hybridized carbons (Fsp3) is 0.300. The van der Waals surface area contributed by atoms with Crippen molar-refractivity contribution in [1.82, 2.24) is 14.5 Å². The molecule has 0 fully saturated rings. The highest BCUT2D eigenvalue weighted by atomic mass is 15.1. The molecule has 1 aromatic carbocycles. The Morgan fingerprint density at radius 1 is 1.21 bits per heavy atom. The van der Waals surface area contributed by atoms with Crippen molar-refractivity contribution in [3.63, 3.8) is 0 Å². The minimum Gasteiger partial charge on any atom is -0.383 e. The molecule has 0 saturated heterocycles. The topological polar surface area (TPSA) is 56.7 Å². The van der Waals surface area contributed by atoms with Crippen LogP contribution < -0.4 is 5.73 Å². The average Bonchev–Trinajstić information content (AvgIpc) is 3.13. The van der Waals surface area contributed by atoms with Crippen LogP contribution in [0.5, 0.6) is 0 Å². The number of nitrogens with zero attached hydrogens (tertiary/aromatic N) is 3. The molecule has 0 amide bonds. The van der Waals surface area contributed by atoms with E-state index in [-0.39, 0.29) is 0 Å². The summed E-state index contributed by atoms with van der Waals surface area (Å²) >= 11 is 0. The highest BCUT2D eigenvalue weighted by Gasteiger charge is 2.27. The predicted octanol–water partition coefficient (Wildman–Crippen LogP) is 3.48. The molecule has 1 aliphatic heterocycles. The molecule has 0 spiro atoms. The van der Waals surface area contributed by atoms with Crippen molar-refractivity contribution in [2.24, 2.45) is 0 Å². The van der Waals surface area contributed by atoms with Gasteiger partial charge in [0.05, 0.1) is 10.9 Å². The lowest BCUT2D eigenvalue weighted by atomic mass is 10.1. The summed E-state index contributed by atoms with van der Waals surface area (Å²) < 4.78 is 2.28. The molecule has 1 unspecified atom stereocenters. The maximum Gasteiger partial charge on any atom is 0.147 e. The summed E-state index contributed by atoms with van der Waals surface area (Å²) in [6, 6.07) is 8.84. The quantitative estimate of drug-likeness (QED) is 0.699. The number of hydrogen-bond donors (Lipinski definition) is 1. The maximum absolute atomic E-state index is 6.14. The van der Waals surface area contributed by atoms with Crippen LogP contribution in [0.25, 0.3) is 11.0 Å². The molecule has 1 atom stereocenters. The molecular weight excluding hydrogens is 296 g/mol. The largest absolute Gasteiger partial charge is 0.383 e. The van der Waals surface area contributed by atoms with E-state index in [1.807, 2.05) is 0 Å². The molecule has 0 bridgehead atoms. The summed E-state index contributed by atoms with van der Waals surface area (Å²) in [5.41, 5.74) is 11.6. The van der Waals surface area contributed by atoms with E-state index in [2.05, 4.69) is 64.5 Å². The van der Waals surface area contributed by atoms with E-state index in [9.17, 15) is 0 Å². The summed E-state index contributed by atoms with van der Waals surface area (Å²) in [6.45, 7) is 4.37. The van der Waals surface area contributed by atoms with E-state index < -0.39 is 0 Å². The van der Waals surface area contributed by atoms with E-state index in [0.29, 0.717) is 11.9 Å². The Bertz CT molecular complexity index is 971. The fourth-order valence-corrected chi connectivity index (χ4v) is 3.49. The molecule has 0 saturated carbocycles. The van der Waals surface area contributed by atoms with Crippen LogP contribution >= 0.6 is 0 Å². The summed E-state index contributed by atoms with van der Waals surface area (Å²) in [6.07, 6.45) is 4.71. The highest BCUT2D eigenvalue weighted by molar-refractivity contribution is 5.94. The van der Waals surface area contributed by atoms with Gasteiger partial charge in [0, 0.05) is 17.3 Å². The second kappa shape index (κ2) is 5.68. The third-order valence-corrected chi connectivity index (χ3v) is 4.85. The first-order valence-electron chi connectivity index (χ1n) is 8.43. The number of nitrogen functional groups attached to an aromatic ring is 1. The molecule has 3 aromatic rings. The minimum atomic E-state index is 0.427. The van der Waals surface area contributed by atoms with Gasteiger partial charge in [-0.15, -0.1) is 0 Å². The monoisotopic (exact) mass is 316 g/mol. The van der Waals surface area contributed by atoms with Crippen molar-refractivity contribution in [3.8, 4) is 11.8 Å². The average molecular weight is 316 g/mol. The van der Waals surface area contributed by atoms with Gasteiger partial charge >= 0.3 is 0 Å². The van der Waals surface area contributed by atoms with Gasteiger partial charge in [-0.3, -0.25) is 0 Å². The van der Waals surface area contributed by atoms with Crippen molar-refractivity contribution in [2.45, 2.75) is 39.2 Å². The zero-order chi connectivity index (χ0) is 16.7. The van der Waals surface area contributed by atoms with Crippen LogP contribution in [0.2, 0.25) is 0 Å². The molecule has 3 heterocycles. The van der Waals surface area contributed by atoms with Gasteiger partial charge in [-0.05, 0) is 43.9 Å². The number of nitrogens with two attached hydrogens (primary N) is 1. The van der Waals surface area contributed by atoms with E-state index in [1.165, 1.54) is 17.6 Å². The smallest absolute Gasteiger partial charge is 0.147 e. The summed E-state index contributed by atoms with van der Waals surface area (Å²) in [7, 11) is 0. The molecule has 1 aliphatic rings. The SMILES string of the molecule is CCc1ccc(C#Cc2c3n(c4ncnc(N)c24)C(C)CC3)cc1. The third-order valence-electron chi connectivity index (χ3n) is 4.85. The third kappa shape index (κ3) is 2.25. The molecule has 2 aromatic heterocycles. The van der Waals surface area contributed by atoms with Crippen molar-refractivity contribution < 1.29 is 0 Å². The Labute approximate surface area is 141 Å². The second-order valence-electron chi connectivity index (χ2n) is 6.34. The van der Waals surface area contributed by atoms with Crippen LogP contribution in [-0.4, -0.2) is 14.5 Å². The Kier molecular flexibility index (Phi) is 3.50. The summed E-state index contributed by atoms with van der Waals surface area (Å²) in [4.78, 5) is 8.64. The first kappa shape index (κ1) is 14.8. The number of fused-ring (bicyclic) bond motifs is 3. The number of aryl methyl sites for hydroxylation is 1. The Hall–Kier alpha value is -2.80. The molecule has 4 nitrogen and oxygen atoms in total. The second-order valence-corrected chi connectivity index (χ2v) is 6.34. The number of rotatable bonds is 1. The zero-order valence-electron chi connectivity index (χ0n) is 14.0. The van der Waals surface area contributed by atoms with Crippen LogP contribution in [0.4, 0.5) is 5.82 Å². The van der Waals surface area contributed by atoms with E-state index >= 15 is 0 Å². The molecule has 0 aliphatic carbocycles. The van der Waals surface area contributed by atoms with Crippen molar-refractivity contribution in [2.75, 3.05) is 5.73 Å². The molecular formula is C20H20N4. The fourth-order valence-electron chi connectivity index (χ4n) is 3.49. The molecule has 0 radical (unpaired) electrons. The lowest BCUT2D eigenvalue weighted by Crippen LogP contribution is -2.00. The Morgan fingerprint density at radius 2 is 2.00 bits per heavy atom. The van der Waals surface area contributed by atoms with Gasteiger partial charge in [0.25, 0.3) is 0 Å². The zero-order valence-corrected chi connectivity index (χ0v) is 14.0. The first-order valence-corrected chi connectivity index (χ1v) is 8.43. The van der Waals surface area contributed by atoms with Gasteiger partial charge in [-0.2, -0.15) is 0 Å². The van der Waals surface area contributed by atoms with Crippen LogP contribution in [0.15, 0.2) is 30.6 Å². The standard InChI is InChI=1S/C20H20N4/c1-3-14-5-7-15(8-6-14)9-10-16-17-11-4-13(2)24(17)20-18(16)19(21)22-12-23-20/h5-8,12-13H,3-4,11H2,1-2H3,(H2,21,22,23). The van der Waals surface area contributed by atoms with Gasteiger partial charge < -0.3 is 10.3 Å².